The summed E-state index contributed by atoms with van der Waals surface area (Å²) in [4.78, 5) is 9.26. The molecule has 0 radical (unpaired) electrons. The van der Waals surface area contributed by atoms with Gasteiger partial charge in [-0.25, -0.2) is 9.97 Å². The van der Waals surface area contributed by atoms with Gasteiger partial charge in [0.05, 0.1) is 18.2 Å². The van der Waals surface area contributed by atoms with Crippen LogP contribution in [-0.2, 0) is 0 Å². The molecule has 0 fully saturated rings. The fourth-order valence-electron chi connectivity index (χ4n) is 2.83. The molecule has 0 aliphatic heterocycles. The Morgan fingerprint density at radius 3 is 2.48 bits per heavy atom. The number of hydrogen-bond acceptors (Lipinski definition) is 5. The summed E-state index contributed by atoms with van der Waals surface area (Å²) in [5.74, 6) is 1.42. The summed E-state index contributed by atoms with van der Waals surface area (Å²) in [6, 6.07) is 20.3. The number of anilines is 2. The van der Waals surface area contributed by atoms with E-state index in [4.69, 9.17) is 16.3 Å². The number of hydrogen-bond donors (Lipinski definition) is 2. The zero-order valence-corrected chi connectivity index (χ0v) is 15.2. The molecule has 0 aliphatic rings. The predicted molar refractivity (Wildman–Crippen MR) is 108 cm³/mol. The number of aromatic nitrogens is 2. The van der Waals surface area contributed by atoms with E-state index in [1.165, 1.54) is 7.11 Å². The second kappa shape index (κ2) is 7.13. The van der Waals surface area contributed by atoms with Crippen LogP contribution < -0.4 is 10.1 Å². The van der Waals surface area contributed by atoms with Crippen molar-refractivity contribution < 1.29 is 9.84 Å². The SMILES string of the molecule is COc1cccc(-c2nc(Nc3ccc(Cl)cc3)c3ccccc3n2)c1O. The predicted octanol–water partition coefficient (Wildman–Crippen LogP) is 5.41. The van der Waals surface area contributed by atoms with E-state index in [1.54, 1.807) is 18.2 Å². The van der Waals surface area contributed by atoms with Crippen LogP contribution in [0.2, 0.25) is 5.02 Å². The lowest BCUT2D eigenvalue weighted by molar-refractivity contribution is 0.374. The Morgan fingerprint density at radius 2 is 1.70 bits per heavy atom. The van der Waals surface area contributed by atoms with E-state index < -0.39 is 0 Å². The number of nitrogens with one attached hydrogen (secondary N) is 1. The number of benzene rings is 3. The third-order valence-corrected chi connectivity index (χ3v) is 4.42. The van der Waals surface area contributed by atoms with Crippen molar-refractivity contribution in [2.24, 2.45) is 0 Å². The molecule has 134 valence electrons. The monoisotopic (exact) mass is 377 g/mol. The number of fused-ring (bicyclic) bond motifs is 1. The Hall–Kier alpha value is -3.31. The number of phenolic OH excluding ortho intramolecular Hbond substituents is 1. The van der Waals surface area contributed by atoms with Crippen molar-refractivity contribution in [3.05, 3.63) is 71.8 Å². The first-order chi connectivity index (χ1) is 13.2. The van der Waals surface area contributed by atoms with Crippen molar-refractivity contribution in [3.63, 3.8) is 0 Å². The number of phenols is 1. The molecule has 3 aromatic carbocycles. The van der Waals surface area contributed by atoms with Gasteiger partial charge in [-0.1, -0.05) is 29.8 Å². The number of nitrogens with zero attached hydrogens (tertiary/aromatic N) is 2. The number of para-hydroxylation sites is 2. The fourth-order valence-corrected chi connectivity index (χ4v) is 2.96. The normalized spacial score (nSPS) is 10.7. The van der Waals surface area contributed by atoms with Gasteiger partial charge < -0.3 is 15.2 Å². The first kappa shape index (κ1) is 17.1. The van der Waals surface area contributed by atoms with Gasteiger partial charge in [0.2, 0.25) is 0 Å². The maximum absolute atomic E-state index is 10.5. The maximum atomic E-state index is 10.5. The average molecular weight is 378 g/mol. The summed E-state index contributed by atoms with van der Waals surface area (Å²) in [6.45, 7) is 0. The molecular formula is C21H16ClN3O2. The first-order valence-electron chi connectivity index (χ1n) is 8.31. The van der Waals surface area contributed by atoms with Crippen molar-refractivity contribution >= 4 is 34.0 Å². The lowest BCUT2D eigenvalue weighted by Crippen LogP contribution is -1.99. The molecule has 0 spiro atoms. The summed E-state index contributed by atoms with van der Waals surface area (Å²) in [5, 5.41) is 15.3. The summed E-state index contributed by atoms with van der Waals surface area (Å²) in [5.41, 5.74) is 2.12. The highest BCUT2D eigenvalue weighted by Gasteiger charge is 2.15. The molecule has 2 N–H and O–H groups in total. The topological polar surface area (TPSA) is 67.3 Å². The molecule has 4 aromatic rings. The Balaban J connectivity index is 1.87. The minimum atomic E-state index is 0.00715. The lowest BCUT2D eigenvalue weighted by atomic mass is 10.1. The molecule has 0 amide bonds. The van der Waals surface area contributed by atoms with Gasteiger partial charge in [-0.15, -0.1) is 0 Å². The molecule has 0 saturated heterocycles. The molecule has 4 rings (SSSR count). The van der Waals surface area contributed by atoms with E-state index in [1.807, 2.05) is 48.5 Å². The third kappa shape index (κ3) is 3.37. The zero-order chi connectivity index (χ0) is 18.8. The Morgan fingerprint density at radius 1 is 0.926 bits per heavy atom. The maximum Gasteiger partial charge on any atom is 0.168 e. The molecule has 6 heteroatoms. The standard InChI is InChI=1S/C21H16ClN3O2/c1-27-18-8-4-6-16(19(18)26)21-24-17-7-3-2-5-15(17)20(25-21)23-14-11-9-13(22)10-12-14/h2-12,26H,1H3,(H,23,24,25). The molecule has 1 heterocycles. The molecule has 1 aromatic heterocycles. The van der Waals surface area contributed by atoms with Crippen molar-refractivity contribution in [2.75, 3.05) is 12.4 Å². The average Bonchev–Trinajstić information content (AvgIpc) is 2.70. The summed E-state index contributed by atoms with van der Waals surface area (Å²) in [6.07, 6.45) is 0. The Kier molecular flexibility index (Phi) is 4.52. The second-order valence-corrected chi connectivity index (χ2v) is 6.34. The minimum Gasteiger partial charge on any atom is -0.504 e. The van der Waals surface area contributed by atoms with Crippen LogP contribution in [0.3, 0.4) is 0 Å². The van der Waals surface area contributed by atoms with Crippen molar-refractivity contribution in [1.29, 1.82) is 0 Å². The zero-order valence-electron chi connectivity index (χ0n) is 14.5. The molecule has 5 nitrogen and oxygen atoms in total. The number of halogens is 1. The van der Waals surface area contributed by atoms with Gasteiger partial charge in [-0.05, 0) is 48.5 Å². The van der Waals surface area contributed by atoms with Gasteiger partial charge in [0.1, 0.15) is 5.82 Å². The summed E-state index contributed by atoms with van der Waals surface area (Å²) >= 11 is 5.97. The van der Waals surface area contributed by atoms with Crippen LogP contribution >= 0.6 is 11.6 Å². The number of rotatable bonds is 4. The van der Waals surface area contributed by atoms with Gasteiger partial charge in [0.25, 0.3) is 0 Å². The number of ether oxygens (including phenoxy) is 1. The first-order valence-corrected chi connectivity index (χ1v) is 8.69. The van der Waals surface area contributed by atoms with E-state index >= 15 is 0 Å². The minimum absolute atomic E-state index is 0.00715. The van der Waals surface area contributed by atoms with Gasteiger partial charge in [0, 0.05) is 16.1 Å². The van der Waals surface area contributed by atoms with Crippen molar-refractivity contribution in [3.8, 4) is 22.9 Å². The molecule has 0 atom stereocenters. The molecule has 0 bridgehead atoms. The largest absolute Gasteiger partial charge is 0.504 e. The molecule has 27 heavy (non-hydrogen) atoms. The highest BCUT2D eigenvalue weighted by molar-refractivity contribution is 6.30. The van der Waals surface area contributed by atoms with Crippen molar-refractivity contribution in [1.82, 2.24) is 9.97 Å². The lowest BCUT2D eigenvalue weighted by Gasteiger charge is -2.12. The van der Waals surface area contributed by atoms with Gasteiger partial charge in [-0.3, -0.25) is 0 Å². The van der Waals surface area contributed by atoms with E-state index in [-0.39, 0.29) is 5.75 Å². The quantitative estimate of drug-likeness (QED) is 0.498. The highest BCUT2D eigenvalue weighted by atomic mass is 35.5. The van der Waals surface area contributed by atoms with Gasteiger partial charge >= 0.3 is 0 Å². The van der Waals surface area contributed by atoms with Crippen LogP contribution in [0.5, 0.6) is 11.5 Å². The highest BCUT2D eigenvalue weighted by Crippen LogP contribution is 2.37. The van der Waals surface area contributed by atoms with Crippen LogP contribution in [0.25, 0.3) is 22.3 Å². The Labute approximate surface area is 161 Å². The van der Waals surface area contributed by atoms with Crippen LogP contribution in [0, 0.1) is 0 Å². The third-order valence-electron chi connectivity index (χ3n) is 4.17. The van der Waals surface area contributed by atoms with Crippen LogP contribution in [0.1, 0.15) is 0 Å². The van der Waals surface area contributed by atoms with Gasteiger partial charge in [-0.2, -0.15) is 0 Å². The summed E-state index contributed by atoms with van der Waals surface area (Å²) in [7, 11) is 1.51. The summed E-state index contributed by atoms with van der Waals surface area (Å²) < 4.78 is 5.20. The number of methoxy groups -OCH3 is 1. The Bertz CT molecular complexity index is 1110. The van der Waals surface area contributed by atoms with Crippen LogP contribution in [0.4, 0.5) is 11.5 Å². The molecule has 0 saturated carbocycles. The smallest absolute Gasteiger partial charge is 0.168 e. The number of aromatic hydroxyl groups is 1. The fraction of sp³-hybridized carbons (Fsp3) is 0.0476. The second-order valence-electron chi connectivity index (χ2n) is 5.90. The van der Waals surface area contributed by atoms with E-state index in [0.29, 0.717) is 28.0 Å². The van der Waals surface area contributed by atoms with E-state index in [2.05, 4.69) is 15.3 Å². The van der Waals surface area contributed by atoms with Crippen LogP contribution in [-0.4, -0.2) is 22.2 Å². The molecule has 0 aliphatic carbocycles. The molecule has 0 unspecified atom stereocenters. The molecular weight excluding hydrogens is 362 g/mol. The van der Waals surface area contributed by atoms with Crippen molar-refractivity contribution in [2.45, 2.75) is 0 Å². The van der Waals surface area contributed by atoms with Crippen LogP contribution in [0.15, 0.2) is 66.7 Å². The van der Waals surface area contributed by atoms with E-state index in [0.717, 1.165) is 16.6 Å². The van der Waals surface area contributed by atoms with E-state index in [9.17, 15) is 5.11 Å². The van der Waals surface area contributed by atoms with Gasteiger partial charge in [0.15, 0.2) is 17.3 Å².